The van der Waals surface area contributed by atoms with Gasteiger partial charge in [-0.2, -0.15) is 0 Å². The molecule has 2 aromatic carbocycles. The first kappa shape index (κ1) is 15.8. The van der Waals surface area contributed by atoms with Crippen molar-refractivity contribution in [3.8, 4) is 5.75 Å². The Labute approximate surface area is 129 Å². The van der Waals surface area contributed by atoms with E-state index in [1.807, 2.05) is 25.1 Å². The molecule has 2 aromatic rings. The molecule has 0 heterocycles. The van der Waals surface area contributed by atoms with Gasteiger partial charge in [0.2, 0.25) is 0 Å². The summed E-state index contributed by atoms with van der Waals surface area (Å²) in [6.07, 6.45) is 0.756. The lowest BCUT2D eigenvalue weighted by Crippen LogP contribution is -2.15. The number of aryl methyl sites for hydroxylation is 1. The van der Waals surface area contributed by atoms with Crippen LogP contribution in [0.25, 0.3) is 0 Å². The minimum absolute atomic E-state index is 0.147. The van der Waals surface area contributed by atoms with Gasteiger partial charge >= 0.3 is 0 Å². The molecule has 0 saturated heterocycles. The molecule has 4 heteroatoms. The molecule has 2 N–H and O–H groups in total. The molecule has 0 aliphatic rings. The minimum Gasteiger partial charge on any atom is -0.492 e. The summed E-state index contributed by atoms with van der Waals surface area (Å²) in [6, 6.07) is 12.1. The number of rotatable bonds is 6. The molecule has 1 atom stereocenters. The van der Waals surface area contributed by atoms with Crippen molar-refractivity contribution >= 4 is 11.6 Å². The Hall–Kier alpha value is -1.58. The topological polar surface area (TPSA) is 35.2 Å². The van der Waals surface area contributed by atoms with Crippen LogP contribution in [0.1, 0.15) is 23.5 Å². The van der Waals surface area contributed by atoms with Crippen LogP contribution in [0.5, 0.6) is 5.75 Å². The van der Waals surface area contributed by atoms with Gasteiger partial charge in [0.15, 0.2) is 0 Å². The Morgan fingerprint density at radius 3 is 2.57 bits per heavy atom. The minimum atomic E-state index is -0.239. The van der Waals surface area contributed by atoms with Crippen LogP contribution in [-0.2, 0) is 0 Å². The first-order valence-corrected chi connectivity index (χ1v) is 7.32. The lowest BCUT2D eigenvalue weighted by Gasteiger charge is -2.16. The van der Waals surface area contributed by atoms with E-state index < -0.39 is 0 Å². The predicted octanol–water partition coefficient (Wildman–Crippen LogP) is 4.30. The van der Waals surface area contributed by atoms with Gasteiger partial charge in [0.1, 0.15) is 11.6 Å². The molecule has 0 bridgehead atoms. The molecule has 0 spiro atoms. The fourth-order valence-electron chi connectivity index (χ4n) is 2.19. The summed E-state index contributed by atoms with van der Waals surface area (Å²) in [5.74, 6) is 0.595. The Morgan fingerprint density at radius 1 is 1.19 bits per heavy atom. The van der Waals surface area contributed by atoms with Crippen LogP contribution >= 0.6 is 11.6 Å². The van der Waals surface area contributed by atoms with Gasteiger partial charge in [-0.05, 0) is 61.2 Å². The average molecular weight is 308 g/mol. The second-order valence-corrected chi connectivity index (χ2v) is 5.46. The molecule has 0 aliphatic carbocycles. The van der Waals surface area contributed by atoms with Crippen molar-refractivity contribution in [1.29, 1.82) is 0 Å². The summed E-state index contributed by atoms with van der Waals surface area (Å²) in [7, 11) is 0. The molecule has 112 valence electrons. The zero-order valence-electron chi connectivity index (χ0n) is 12.0. The van der Waals surface area contributed by atoms with E-state index in [-0.39, 0.29) is 11.7 Å². The van der Waals surface area contributed by atoms with Gasteiger partial charge in [0.05, 0.1) is 11.6 Å². The molecule has 0 radical (unpaired) electrons. The molecule has 2 nitrogen and oxygen atoms in total. The van der Waals surface area contributed by atoms with Crippen molar-refractivity contribution in [2.75, 3.05) is 13.2 Å². The molecule has 0 amide bonds. The van der Waals surface area contributed by atoms with Crippen LogP contribution in [0.3, 0.4) is 0 Å². The van der Waals surface area contributed by atoms with Gasteiger partial charge < -0.3 is 10.5 Å². The first-order valence-electron chi connectivity index (χ1n) is 6.94. The van der Waals surface area contributed by atoms with Crippen molar-refractivity contribution in [2.45, 2.75) is 19.3 Å². The molecular weight excluding hydrogens is 289 g/mol. The molecule has 1 unspecified atom stereocenters. The number of nitrogens with two attached hydrogens (primary N) is 1. The number of hydrogen-bond donors (Lipinski definition) is 1. The smallest absolute Gasteiger partial charge is 0.138 e. The zero-order chi connectivity index (χ0) is 15.2. The maximum Gasteiger partial charge on any atom is 0.138 e. The first-order chi connectivity index (χ1) is 10.1. The van der Waals surface area contributed by atoms with Gasteiger partial charge in [-0.3, -0.25) is 0 Å². The molecule has 0 fully saturated rings. The van der Waals surface area contributed by atoms with Crippen molar-refractivity contribution in [3.63, 3.8) is 0 Å². The van der Waals surface area contributed by atoms with E-state index in [9.17, 15) is 4.39 Å². The van der Waals surface area contributed by atoms with Crippen LogP contribution in [-0.4, -0.2) is 13.2 Å². The van der Waals surface area contributed by atoms with Crippen molar-refractivity contribution < 1.29 is 9.13 Å². The summed E-state index contributed by atoms with van der Waals surface area (Å²) in [5, 5.41) is 0.603. The van der Waals surface area contributed by atoms with Gasteiger partial charge in [-0.25, -0.2) is 4.39 Å². The molecule has 2 rings (SSSR count). The number of benzene rings is 2. The highest BCUT2D eigenvalue weighted by Gasteiger charge is 2.11. The van der Waals surface area contributed by atoms with Gasteiger partial charge in [0, 0.05) is 0 Å². The molecule has 0 aliphatic heterocycles. The van der Waals surface area contributed by atoms with E-state index in [4.69, 9.17) is 22.1 Å². The van der Waals surface area contributed by atoms with Crippen molar-refractivity contribution in [3.05, 3.63) is 64.4 Å². The Bertz CT molecular complexity index is 586. The predicted molar refractivity (Wildman–Crippen MR) is 84.5 cm³/mol. The fraction of sp³-hybridized carbons (Fsp3) is 0.294. The maximum absolute atomic E-state index is 12.9. The lowest BCUT2D eigenvalue weighted by atomic mass is 9.96. The summed E-state index contributed by atoms with van der Waals surface area (Å²) >= 11 is 6.09. The number of halogens is 2. The molecule has 0 saturated carbocycles. The summed E-state index contributed by atoms with van der Waals surface area (Å²) < 4.78 is 18.7. The van der Waals surface area contributed by atoms with Gasteiger partial charge in [-0.15, -0.1) is 0 Å². The highest BCUT2D eigenvalue weighted by atomic mass is 35.5. The van der Waals surface area contributed by atoms with Gasteiger partial charge in [-0.1, -0.05) is 29.8 Å². The third-order valence-corrected chi connectivity index (χ3v) is 3.75. The zero-order valence-corrected chi connectivity index (χ0v) is 12.7. The summed E-state index contributed by atoms with van der Waals surface area (Å²) in [5.41, 5.74) is 7.93. The molecule has 21 heavy (non-hydrogen) atoms. The second-order valence-electron chi connectivity index (χ2n) is 5.06. The van der Waals surface area contributed by atoms with E-state index in [1.54, 1.807) is 12.1 Å². The SMILES string of the molecule is Cc1ccc(Cl)c(OCCC(CN)c2ccc(F)cc2)c1. The van der Waals surface area contributed by atoms with Gasteiger partial charge in [0.25, 0.3) is 0 Å². The highest BCUT2D eigenvalue weighted by molar-refractivity contribution is 6.32. The normalized spacial score (nSPS) is 12.2. The largest absolute Gasteiger partial charge is 0.492 e. The highest BCUT2D eigenvalue weighted by Crippen LogP contribution is 2.26. The quantitative estimate of drug-likeness (QED) is 0.863. The Kier molecular flexibility index (Phi) is 5.59. The summed E-state index contributed by atoms with van der Waals surface area (Å²) in [6.45, 7) is 3.00. The average Bonchev–Trinajstić information content (AvgIpc) is 2.48. The molecular formula is C17H19ClFNO. The maximum atomic E-state index is 12.9. The van der Waals surface area contributed by atoms with E-state index >= 15 is 0 Å². The number of ether oxygens (including phenoxy) is 1. The standard InChI is InChI=1S/C17H19ClFNO/c1-12-2-7-16(18)17(10-12)21-9-8-14(11-20)13-3-5-15(19)6-4-13/h2-7,10,14H,8-9,11,20H2,1H3. The van der Waals surface area contributed by atoms with Crippen LogP contribution in [0.4, 0.5) is 4.39 Å². The Morgan fingerprint density at radius 2 is 1.90 bits per heavy atom. The fourth-order valence-corrected chi connectivity index (χ4v) is 2.36. The summed E-state index contributed by atoms with van der Waals surface area (Å²) in [4.78, 5) is 0. The van der Waals surface area contributed by atoms with E-state index in [1.165, 1.54) is 12.1 Å². The molecule has 0 aromatic heterocycles. The third kappa shape index (κ3) is 4.45. The van der Waals surface area contributed by atoms with E-state index in [2.05, 4.69) is 0 Å². The second kappa shape index (κ2) is 7.43. The van der Waals surface area contributed by atoms with Crippen LogP contribution in [0.2, 0.25) is 5.02 Å². The van der Waals surface area contributed by atoms with E-state index in [0.717, 1.165) is 17.5 Å². The Balaban J connectivity index is 1.94. The number of hydrogen-bond acceptors (Lipinski definition) is 2. The van der Waals surface area contributed by atoms with Crippen molar-refractivity contribution in [1.82, 2.24) is 0 Å². The van der Waals surface area contributed by atoms with Crippen molar-refractivity contribution in [2.24, 2.45) is 5.73 Å². The van der Waals surface area contributed by atoms with E-state index in [0.29, 0.717) is 23.9 Å². The van der Waals surface area contributed by atoms with Crippen LogP contribution < -0.4 is 10.5 Å². The lowest BCUT2D eigenvalue weighted by molar-refractivity contribution is 0.298. The van der Waals surface area contributed by atoms with Crippen LogP contribution in [0, 0.1) is 12.7 Å². The van der Waals surface area contributed by atoms with Crippen LogP contribution in [0.15, 0.2) is 42.5 Å². The third-order valence-electron chi connectivity index (χ3n) is 3.44. The monoisotopic (exact) mass is 307 g/mol.